The molecule has 2 fully saturated rings. The van der Waals surface area contributed by atoms with E-state index < -0.39 is 53.7 Å². The van der Waals surface area contributed by atoms with Gasteiger partial charge in [-0.3, -0.25) is 28.9 Å². The van der Waals surface area contributed by atoms with E-state index in [2.05, 4.69) is 25.6 Å². The van der Waals surface area contributed by atoms with E-state index >= 15 is 0 Å². The number of aromatic nitrogens is 3. The molecule has 3 amide bonds. The minimum absolute atomic E-state index is 0.0220. The fourth-order valence-corrected chi connectivity index (χ4v) is 8.12. The van der Waals surface area contributed by atoms with E-state index in [9.17, 15) is 42.3 Å². The van der Waals surface area contributed by atoms with Crippen LogP contribution in [-0.2, 0) is 36.5 Å². The van der Waals surface area contributed by atoms with E-state index in [0.717, 1.165) is 47.8 Å². The number of ether oxygens (including phenoxy) is 1. The summed E-state index contributed by atoms with van der Waals surface area (Å²) in [6.45, 7) is 7.09. The molecule has 2 saturated heterocycles. The van der Waals surface area contributed by atoms with Gasteiger partial charge in [0.05, 0.1) is 17.5 Å². The highest BCUT2D eigenvalue weighted by Crippen LogP contribution is 2.34. The van der Waals surface area contributed by atoms with Crippen molar-refractivity contribution in [3.05, 3.63) is 51.1 Å². The summed E-state index contributed by atoms with van der Waals surface area (Å²) in [5.74, 6) is -2.49. The third kappa shape index (κ3) is 11.9. The Morgan fingerprint density at radius 3 is 2.31 bits per heavy atom. The summed E-state index contributed by atoms with van der Waals surface area (Å²) in [6, 6.07) is -1.96. The van der Waals surface area contributed by atoms with Crippen molar-refractivity contribution in [2.45, 2.75) is 96.6 Å². The Balaban J connectivity index is 1.52. The first-order valence-electron chi connectivity index (χ1n) is 17.9. The molecule has 302 valence electrons. The number of thiazole rings is 1. The lowest BCUT2D eigenvalue weighted by molar-refractivity contribution is -0.147. The van der Waals surface area contributed by atoms with Crippen LogP contribution in [0.1, 0.15) is 92.8 Å². The van der Waals surface area contributed by atoms with E-state index in [1.165, 1.54) is 24.1 Å². The van der Waals surface area contributed by atoms with E-state index in [4.69, 9.17) is 4.74 Å². The van der Waals surface area contributed by atoms with Crippen LogP contribution in [0.4, 0.5) is 13.2 Å². The van der Waals surface area contributed by atoms with Crippen molar-refractivity contribution in [1.29, 1.82) is 0 Å². The highest BCUT2D eigenvalue weighted by atomic mass is 32.2. The monoisotopic (exact) mass is 811 g/mol. The molecule has 2 aromatic heterocycles. The number of halogens is 3. The van der Waals surface area contributed by atoms with Crippen molar-refractivity contribution in [1.82, 2.24) is 35.4 Å². The largest absolute Gasteiger partial charge is 0.481 e. The van der Waals surface area contributed by atoms with Gasteiger partial charge in [0.2, 0.25) is 11.8 Å². The van der Waals surface area contributed by atoms with Gasteiger partial charge < -0.3 is 25.4 Å². The molecule has 2 aromatic rings. The molecular weight excluding hydrogens is 764 g/mol. The molecular formula is C36H48F3N7O7S2. The number of carboxylic acids is 1. The molecule has 2 aliphatic heterocycles. The maximum atomic E-state index is 14.2. The van der Waals surface area contributed by atoms with Crippen molar-refractivity contribution < 1.29 is 47.0 Å². The Bertz CT molecular complexity index is 1730. The highest BCUT2D eigenvalue weighted by Gasteiger charge is 2.39. The van der Waals surface area contributed by atoms with Crippen molar-refractivity contribution in [2.75, 3.05) is 32.1 Å². The number of rotatable bonds is 16. The van der Waals surface area contributed by atoms with Gasteiger partial charge in [-0.15, -0.1) is 11.3 Å². The predicted molar refractivity (Wildman–Crippen MR) is 199 cm³/mol. The number of amides is 3. The molecule has 0 aromatic carbocycles. The number of hydrogen-bond donors (Lipinski definition) is 3. The number of nitrogens with zero attached hydrogens (tertiary/aromatic N) is 5. The average Bonchev–Trinajstić information content (AvgIpc) is 3.58. The standard InChI is InChI=1S/C36H48F3N7O7S2/c1-19(2)27(46(6)34(50)30(22-16-54-17-22)44-32(49)26-9-7-8-10-45(26)5)13-28(53-21(4)47)33-43-25(18-55-33)31(48)42-24(11-20(3)35(51)52)12-29-40-14-23(15-41-29)36(37,38)39/h14-15,18,20,22,24,26,28,30H,7-13,16-17H2,1-6H3,(H,42,48)(H,44,49)(H,51,52)/t20-,24+,26+,28+,30-/m0/s1. The SMILES string of the molecule is CC(=O)O[C@H](CC(=C(C)C)N(C)C(=O)[C@@H](NC(=O)[C@H]1CCCCN1C)C1CSC1)c1nc(C(=O)N[C@@H](Cc2ncc(C(F)(F)F)cn2)C[C@H](C)C(=O)O)cs1. The van der Waals surface area contributed by atoms with Crippen LogP contribution >= 0.6 is 23.1 Å². The summed E-state index contributed by atoms with van der Waals surface area (Å²) in [5.41, 5.74) is 0.174. The molecule has 0 bridgehead atoms. The van der Waals surface area contributed by atoms with Crippen LogP contribution in [-0.4, -0.2) is 110 Å². The van der Waals surface area contributed by atoms with Crippen LogP contribution in [0.3, 0.4) is 0 Å². The average molecular weight is 812 g/mol. The van der Waals surface area contributed by atoms with Gasteiger partial charge in [-0.05, 0) is 58.2 Å². The lowest BCUT2D eigenvalue weighted by Gasteiger charge is -2.38. The quantitative estimate of drug-likeness (QED) is 0.203. The maximum Gasteiger partial charge on any atom is 0.419 e. The molecule has 55 heavy (non-hydrogen) atoms. The second-order valence-electron chi connectivity index (χ2n) is 14.2. The van der Waals surface area contributed by atoms with Gasteiger partial charge in [0.1, 0.15) is 22.6 Å². The number of likely N-dealkylation sites (N-methyl/N-ethyl adjacent to an activating group) is 2. The lowest BCUT2D eigenvalue weighted by atomic mass is 9.97. The van der Waals surface area contributed by atoms with Crippen LogP contribution in [0, 0.1) is 11.8 Å². The Kier molecular flexibility index (Phi) is 15.2. The molecule has 14 nitrogen and oxygen atoms in total. The maximum absolute atomic E-state index is 14.2. The van der Waals surface area contributed by atoms with Crippen LogP contribution in [0.25, 0.3) is 0 Å². The summed E-state index contributed by atoms with van der Waals surface area (Å²) in [6.07, 6.45) is -1.97. The molecule has 0 aliphatic carbocycles. The summed E-state index contributed by atoms with van der Waals surface area (Å²) >= 11 is 2.74. The first-order chi connectivity index (χ1) is 25.8. The fourth-order valence-electron chi connectivity index (χ4n) is 6.40. The molecule has 4 rings (SSSR count). The Morgan fingerprint density at radius 2 is 1.76 bits per heavy atom. The van der Waals surface area contributed by atoms with Gasteiger partial charge >= 0.3 is 18.1 Å². The zero-order valence-electron chi connectivity index (χ0n) is 31.6. The van der Waals surface area contributed by atoms with E-state index in [1.54, 1.807) is 18.8 Å². The molecule has 19 heteroatoms. The summed E-state index contributed by atoms with van der Waals surface area (Å²) in [4.78, 5) is 80.4. The van der Waals surface area contributed by atoms with Gasteiger partial charge in [-0.1, -0.05) is 18.9 Å². The van der Waals surface area contributed by atoms with Crippen LogP contribution in [0.5, 0.6) is 0 Å². The zero-order valence-corrected chi connectivity index (χ0v) is 33.3. The molecule has 0 radical (unpaired) electrons. The third-order valence-electron chi connectivity index (χ3n) is 9.66. The van der Waals surface area contributed by atoms with Gasteiger partial charge in [0.15, 0.2) is 6.10 Å². The number of carboxylic acid groups (broad SMARTS) is 1. The molecule has 0 spiro atoms. The van der Waals surface area contributed by atoms with Crippen molar-refractivity contribution in [3.63, 3.8) is 0 Å². The van der Waals surface area contributed by atoms with E-state index in [-0.39, 0.29) is 59.6 Å². The molecule has 0 saturated carbocycles. The van der Waals surface area contributed by atoms with Gasteiger partial charge in [-0.2, -0.15) is 24.9 Å². The summed E-state index contributed by atoms with van der Waals surface area (Å²) in [7, 11) is 3.53. The topological polar surface area (TPSA) is 184 Å². The molecule has 5 atom stereocenters. The number of carbonyl (C=O) groups excluding carboxylic acids is 4. The first-order valence-corrected chi connectivity index (χ1v) is 20.0. The molecule has 2 aliphatic rings. The molecule has 3 N–H and O–H groups in total. The van der Waals surface area contributed by atoms with Gasteiger partial charge in [0.25, 0.3) is 5.91 Å². The third-order valence-corrected chi connectivity index (χ3v) is 11.9. The summed E-state index contributed by atoms with van der Waals surface area (Å²) in [5, 5.41) is 16.9. The number of nitrogens with one attached hydrogen (secondary N) is 2. The number of hydrogen-bond acceptors (Lipinski definition) is 12. The number of likely N-dealkylation sites (tertiary alicyclic amines) is 1. The Hall–Kier alpha value is -4.10. The van der Waals surface area contributed by atoms with Crippen molar-refractivity contribution in [3.8, 4) is 0 Å². The lowest BCUT2D eigenvalue weighted by Crippen LogP contribution is -2.58. The van der Waals surface area contributed by atoms with Gasteiger partial charge in [-0.25, -0.2) is 15.0 Å². The zero-order chi connectivity index (χ0) is 40.6. The summed E-state index contributed by atoms with van der Waals surface area (Å²) < 4.78 is 44.8. The highest BCUT2D eigenvalue weighted by molar-refractivity contribution is 8.00. The van der Waals surface area contributed by atoms with E-state index in [1.807, 2.05) is 25.8 Å². The van der Waals surface area contributed by atoms with Crippen molar-refractivity contribution >= 4 is 52.8 Å². The number of piperidine rings is 1. The number of thioether (sulfide) groups is 1. The minimum atomic E-state index is -4.64. The van der Waals surface area contributed by atoms with Crippen molar-refractivity contribution in [2.24, 2.45) is 11.8 Å². The smallest absolute Gasteiger partial charge is 0.419 e. The Labute approximate surface area is 326 Å². The van der Waals surface area contributed by atoms with Crippen LogP contribution < -0.4 is 10.6 Å². The number of allylic oxidation sites excluding steroid dienone is 1. The number of carbonyl (C=O) groups is 5. The molecule has 4 heterocycles. The predicted octanol–water partition coefficient (Wildman–Crippen LogP) is 4.48. The van der Waals surface area contributed by atoms with Gasteiger partial charge in [0, 0.05) is 62.2 Å². The van der Waals surface area contributed by atoms with Crippen LogP contribution in [0.2, 0.25) is 0 Å². The molecule has 0 unspecified atom stereocenters. The number of esters is 1. The Morgan fingerprint density at radius 1 is 1.09 bits per heavy atom. The number of aliphatic carboxylic acids is 1. The fraction of sp³-hybridized carbons (Fsp3) is 0.611. The first kappa shape index (κ1) is 43.6. The minimum Gasteiger partial charge on any atom is -0.481 e. The second-order valence-corrected chi connectivity index (χ2v) is 16.2. The van der Waals surface area contributed by atoms with Crippen LogP contribution in [0.15, 0.2) is 29.0 Å². The van der Waals surface area contributed by atoms with E-state index in [0.29, 0.717) is 24.5 Å². The normalized spacial score (nSPS) is 18.5. The number of alkyl halides is 3. The second kappa shape index (κ2) is 19.2.